The summed E-state index contributed by atoms with van der Waals surface area (Å²) in [5.41, 5.74) is 7.22. The number of aromatic nitrogens is 4. The fraction of sp³-hybridized carbons (Fsp3) is 0.357. The van der Waals surface area contributed by atoms with Crippen LogP contribution in [-0.4, -0.2) is 105 Å². The third-order valence-electron chi connectivity index (χ3n) is 13.8. The Bertz CT molecular complexity index is 3130. The predicted molar refractivity (Wildman–Crippen MR) is 277 cm³/mol. The van der Waals surface area contributed by atoms with E-state index in [1.165, 1.54) is 9.80 Å². The van der Waals surface area contributed by atoms with E-state index in [0.717, 1.165) is 48.2 Å². The molecule has 10 rings (SSSR count). The van der Waals surface area contributed by atoms with Crippen molar-refractivity contribution in [2.24, 2.45) is 0 Å². The Morgan fingerprint density at radius 1 is 0.592 bits per heavy atom. The summed E-state index contributed by atoms with van der Waals surface area (Å²) in [5, 5.41) is 33.6. The quantitative estimate of drug-likeness (QED) is 0.0724. The Balaban J connectivity index is 0.000000186. The Hall–Kier alpha value is -8.68. The predicted octanol–water partition coefficient (Wildman–Crippen LogP) is 5.63. The number of aliphatic carboxylic acids is 2. The maximum atomic E-state index is 13.7. The molecule has 20 nitrogen and oxygen atoms in total. The first kappa shape index (κ1) is 52.2. The number of fused-ring (bicyclic) bond motifs is 2. The minimum atomic E-state index is -0.931. The number of nitrogens with zero attached hydrogens (tertiary/aromatic N) is 6. The number of carboxylic acids is 2. The number of benzene rings is 4. The standard InChI is InChI=1S/2C28H30N4O6/c1-17-21(14-26(34)35)27(19-8-9-19)30-32(17)15-25(33)29-22(12-18-6-4-3-5-7-18)28(36)31(2)20-10-11-23-24(13-20)38-16-37-23;1-17-21(14-26(34)35)27(19-8-9-19)32(30-17)15-25(33)29-22(12-18-6-4-3-5-7-18)28(36)31(2)20-10-11-23-24(13-20)38-16-37-23/h2*3-7,10-11,13,19,22H,8-9,12,14-16H2,1-2H3,(H,29,33)(H,34,35)/t2*22-/m00/s1. The Labute approximate surface area is 438 Å². The van der Waals surface area contributed by atoms with Gasteiger partial charge in [0.15, 0.2) is 23.0 Å². The van der Waals surface area contributed by atoms with Crippen molar-refractivity contribution in [3.05, 3.63) is 142 Å². The number of anilines is 2. The van der Waals surface area contributed by atoms with Gasteiger partial charge in [0.2, 0.25) is 37.2 Å². The molecule has 0 radical (unpaired) electrons. The van der Waals surface area contributed by atoms with E-state index in [1.807, 2.05) is 60.7 Å². The monoisotopic (exact) mass is 1040 g/mol. The average Bonchev–Trinajstić information content (AvgIpc) is 4.28. The highest BCUT2D eigenvalue weighted by Gasteiger charge is 2.35. The van der Waals surface area contributed by atoms with Gasteiger partial charge < -0.3 is 49.6 Å². The first-order chi connectivity index (χ1) is 36.6. The summed E-state index contributed by atoms with van der Waals surface area (Å²) in [7, 11) is 3.31. The zero-order valence-electron chi connectivity index (χ0n) is 42.7. The molecule has 2 aromatic heterocycles. The third kappa shape index (κ3) is 12.5. The highest BCUT2D eigenvalue weighted by molar-refractivity contribution is 6.00. The van der Waals surface area contributed by atoms with Crippen LogP contribution in [0.5, 0.6) is 23.0 Å². The highest BCUT2D eigenvalue weighted by Crippen LogP contribution is 2.43. The summed E-state index contributed by atoms with van der Waals surface area (Å²) in [4.78, 5) is 79.6. The maximum Gasteiger partial charge on any atom is 0.307 e. The van der Waals surface area contributed by atoms with Gasteiger partial charge in [0.25, 0.3) is 0 Å². The zero-order valence-corrected chi connectivity index (χ0v) is 42.7. The molecule has 0 unspecified atom stereocenters. The van der Waals surface area contributed by atoms with Gasteiger partial charge in [-0.2, -0.15) is 10.2 Å². The number of likely N-dealkylation sites (N-methyl/N-ethyl adjacent to an activating group) is 2. The van der Waals surface area contributed by atoms with E-state index >= 15 is 0 Å². The van der Waals surface area contributed by atoms with Crippen LogP contribution in [0.3, 0.4) is 0 Å². The number of nitrogens with one attached hydrogen (secondary N) is 2. The van der Waals surface area contributed by atoms with Crippen molar-refractivity contribution in [2.45, 2.75) is 102 Å². The molecule has 20 heteroatoms. The second-order valence-electron chi connectivity index (χ2n) is 19.4. The molecule has 76 heavy (non-hydrogen) atoms. The highest BCUT2D eigenvalue weighted by atomic mass is 16.7. The summed E-state index contributed by atoms with van der Waals surface area (Å²) in [6, 6.07) is 27.8. The number of carboxylic acid groups (broad SMARTS) is 2. The molecule has 2 fully saturated rings. The number of hydrogen-bond acceptors (Lipinski definition) is 12. The number of amides is 4. The van der Waals surface area contributed by atoms with Crippen LogP contribution >= 0.6 is 0 Å². The lowest BCUT2D eigenvalue weighted by atomic mass is 10.0. The molecule has 4 heterocycles. The molecule has 0 spiro atoms. The summed E-state index contributed by atoms with van der Waals surface area (Å²) >= 11 is 0. The van der Waals surface area contributed by atoms with Gasteiger partial charge in [-0.15, -0.1) is 0 Å². The van der Waals surface area contributed by atoms with E-state index in [2.05, 4.69) is 20.8 Å². The second kappa shape index (κ2) is 22.8. The molecule has 2 saturated carbocycles. The normalized spacial score (nSPS) is 14.7. The zero-order chi connectivity index (χ0) is 53.6. The number of aryl methyl sites for hydroxylation is 1. The molecule has 6 aromatic rings. The molecule has 4 aromatic carbocycles. The Kier molecular flexibility index (Phi) is 15.7. The molecular weight excluding hydrogens is 977 g/mol. The van der Waals surface area contributed by atoms with Crippen LogP contribution < -0.4 is 39.4 Å². The summed E-state index contributed by atoms with van der Waals surface area (Å²) in [6.07, 6.45) is 4.16. The minimum Gasteiger partial charge on any atom is -0.481 e. The lowest BCUT2D eigenvalue weighted by Gasteiger charge is -2.25. The van der Waals surface area contributed by atoms with Gasteiger partial charge >= 0.3 is 11.9 Å². The number of carbonyl (C=O) groups excluding carboxylic acids is 4. The van der Waals surface area contributed by atoms with Gasteiger partial charge in [0.05, 0.1) is 24.2 Å². The molecule has 0 saturated heterocycles. The fourth-order valence-electron chi connectivity index (χ4n) is 9.52. The number of ether oxygens (including phenoxy) is 4. The van der Waals surface area contributed by atoms with Crippen LogP contribution in [0.1, 0.15) is 82.5 Å². The van der Waals surface area contributed by atoms with Crippen molar-refractivity contribution in [1.29, 1.82) is 0 Å². The molecular formula is C56H60N8O12. The van der Waals surface area contributed by atoms with E-state index < -0.39 is 24.0 Å². The van der Waals surface area contributed by atoms with Crippen molar-refractivity contribution in [2.75, 3.05) is 37.5 Å². The van der Waals surface area contributed by atoms with Crippen molar-refractivity contribution in [3.63, 3.8) is 0 Å². The second-order valence-corrected chi connectivity index (χ2v) is 19.4. The fourth-order valence-corrected chi connectivity index (χ4v) is 9.52. The smallest absolute Gasteiger partial charge is 0.307 e. The topological polar surface area (TPSA) is 246 Å². The van der Waals surface area contributed by atoms with Crippen LogP contribution in [0.4, 0.5) is 11.4 Å². The van der Waals surface area contributed by atoms with E-state index in [9.17, 15) is 39.0 Å². The molecule has 2 aliphatic heterocycles. The number of hydrogen-bond donors (Lipinski definition) is 4. The van der Waals surface area contributed by atoms with Gasteiger partial charge in [-0.05, 0) is 74.9 Å². The van der Waals surface area contributed by atoms with Crippen molar-refractivity contribution < 1.29 is 57.9 Å². The van der Waals surface area contributed by atoms with Crippen molar-refractivity contribution >= 4 is 46.9 Å². The first-order valence-electron chi connectivity index (χ1n) is 25.2. The van der Waals surface area contributed by atoms with Gasteiger partial charge in [-0.1, -0.05) is 60.7 Å². The Morgan fingerprint density at radius 3 is 1.50 bits per heavy atom. The number of rotatable bonds is 20. The lowest BCUT2D eigenvalue weighted by Crippen LogP contribution is -2.49. The lowest BCUT2D eigenvalue weighted by molar-refractivity contribution is -0.137. The molecule has 0 bridgehead atoms. The third-order valence-corrected chi connectivity index (χ3v) is 13.8. The van der Waals surface area contributed by atoms with Crippen molar-refractivity contribution in [3.8, 4) is 23.0 Å². The van der Waals surface area contributed by atoms with Gasteiger partial charge in [-0.3, -0.25) is 38.1 Å². The molecule has 396 valence electrons. The SMILES string of the molecule is Cc1c(CC(=O)O)c(C2CC2)nn1CC(=O)N[C@@H](Cc1ccccc1)C(=O)N(C)c1ccc2c(c1)OCO2.Cc1nn(CC(=O)N[C@@H](Cc2ccccc2)C(=O)N(C)c2ccc3c(c2)OCO3)c(C2CC2)c1CC(=O)O. The van der Waals surface area contributed by atoms with Crippen LogP contribution in [0.15, 0.2) is 97.1 Å². The molecule has 2 atom stereocenters. The van der Waals surface area contributed by atoms with Crippen LogP contribution in [0.25, 0.3) is 0 Å². The largest absolute Gasteiger partial charge is 0.481 e. The van der Waals surface area contributed by atoms with Crippen molar-refractivity contribution in [1.82, 2.24) is 30.2 Å². The van der Waals surface area contributed by atoms with E-state index in [1.54, 1.807) is 73.7 Å². The van der Waals surface area contributed by atoms with E-state index in [-0.39, 0.29) is 75.0 Å². The van der Waals surface area contributed by atoms with E-state index in [0.29, 0.717) is 69.7 Å². The molecule has 2 aliphatic carbocycles. The van der Waals surface area contributed by atoms with Crippen LogP contribution in [0, 0.1) is 13.8 Å². The minimum absolute atomic E-state index is 0.0986. The first-order valence-corrected chi connectivity index (χ1v) is 25.2. The van der Waals surface area contributed by atoms with Gasteiger partial charge in [0.1, 0.15) is 25.2 Å². The molecule has 4 N–H and O–H groups in total. The average molecular weight is 1040 g/mol. The van der Waals surface area contributed by atoms with Crippen LogP contribution in [-0.2, 0) is 67.5 Å². The van der Waals surface area contributed by atoms with Gasteiger partial charge in [-0.25, -0.2) is 0 Å². The summed E-state index contributed by atoms with van der Waals surface area (Å²) in [5.74, 6) is -0.384. The van der Waals surface area contributed by atoms with E-state index in [4.69, 9.17) is 18.9 Å². The van der Waals surface area contributed by atoms with Crippen LogP contribution in [0.2, 0.25) is 0 Å². The summed E-state index contributed by atoms with van der Waals surface area (Å²) < 4.78 is 24.8. The Morgan fingerprint density at radius 2 is 1.04 bits per heavy atom. The molecule has 4 aliphatic rings. The maximum absolute atomic E-state index is 13.7. The summed E-state index contributed by atoms with van der Waals surface area (Å²) in [6.45, 7) is 3.60. The number of carbonyl (C=O) groups is 6. The molecule has 4 amide bonds. The van der Waals surface area contributed by atoms with Gasteiger partial charge in [0, 0.05) is 84.8 Å².